The van der Waals surface area contributed by atoms with E-state index in [-0.39, 0.29) is 5.82 Å². The molecule has 3 rings (SSSR count). The van der Waals surface area contributed by atoms with Crippen LogP contribution in [0.2, 0.25) is 5.02 Å². The topological polar surface area (TPSA) is 6.48 Å². The van der Waals surface area contributed by atoms with Crippen molar-refractivity contribution in [1.29, 1.82) is 0 Å². The van der Waals surface area contributed by atoms with E-state index in [1.165, 1.54) is 17.7 Å². The van der Waals surface area contributed by atoms with Crippen LogP contribution >= 0.6 is 11.6 Å². The standard InChI is InChI=1S/C20H24ClFN2/c21-18-6-10-20(11-7-18)24-15-13-23(14-16-24)12-2-1-3-17-4-8-19(22)9-5-17/h4-11H,1-3,12-16H2. The summed E-state index contributed by atoms with van der Waals surface area (Å²) >= 11 is 5.95. The van der Waals surface area contributed by atoms with Gasteiger partial charge in [-0.3, -0.25) is 4.90 Å². The lowest BCUT2D eigenvalue weighted by atomic mass is 10.1. The third kappa shape index (κ3) is 4.96. The van der Waals surface area contributed by atoms with Crippen molar-refractivity contribution in [1.82, 2.24) is 4.90 Å². The SMILES string of the molecule is Fc1ccc(CCCCN2CCN(c3ccc(Cl)cc3)CC2)cc1. The molecular weight excluding hydrogens is 323 g/mol. The van der Waals surface area contributed by atoms with E-state index in [1.807, 2.05) is 24.3 Å². The summed E-state index contributed by atoms with van der Waals surface area (Å²) in [5.74, 6) is -0.155. The third-order valence-corrected chi connectivity index (χ3v) is 4.92. The summed E-state index contributed by atoms with van der Waals surface area (Å²) in [6.45, 7) is 5.51. The summed E-state index contributed by atoms with van der Waals surface area (Å²) in [4.78, 5) is 4.96. The molecule has 2 nitrogen and oxygen atoms in total. The molecule has 0 unspecified atom stereocenters. The van der Waals surface area contributed by atoms with Crippen molar-refractivity contribution in [3.05, 3.63) is 64.9 Å². The molecule has 1 saturated heterocycles. The smallest absolute Gasteiger partial charge is 0.123 e. The van der Waals surface area contributed by atoms with Gasteiger partial charge >= 0.3 is 0 Å². The Bertz CT molecular complexity index is 619. The highest BCUT2D eigenvalue weighted by atomic mass is 35.5. The minimum absolute atomic E-state index is 0.155. The van der Waals surface area contributed by atoms with E-state index in [0.717, 1.165) is 50.6 Å². The zero-order valence-electron chi connectivity index (χ0n) is 13.9. The number of anilines is 1. The molecule has 2 aromatic carbocycles. The average Bonchev–Trinajstić information content (AvgIpc) is 2.62. The van der Waals surface area contributed by atoms with Crippen molar-refractivity contribution in [2.75, 3.05) is 37.6 Å². The van der Waals surface area contributed by atoms with Gasteiger partial charge in [-0.25, -0.2) is 4.39 Å². The van der Waals surface area contributed by atoms with Gasteiger partial charge in [0, 0.05) is 36.9 Å². The van der Waals surface area contributed by atoms with Crippen molar-refractivity contribution < 1.29 is 4.39 Å². The number of aryl methyl sites for hydroxylation is 1. The van der Waals surface area contributed by atoms with Gasteiger partial charge in [-0.1, -0.05) is 23.7 Å². The number of rotatable bonds is 6. The summed E-state index contributed by atoms with van der Waals surface area (Å²) in [6, 6.07) is 15.0. The first-order valence-corrected chi connectivity index (χ1v) is 9.06. The molecule has 4 heteroatoms. The van der Waals surface area contributed by atoms with Gasteiger partial charge in [0.25, 0.3) is 0 Å². The highest BCUT2D eigenvalue weighted by Crippen LogP contribution is 2.19. The molecule has 0 aromatic heterocycles. The molecule has 24 heavy (non-hydrogen) atoms. The molecule has 0 aliphatic carbocycles. The van der Waals surface area contributed by atoms with Crippen LogP contribution < -0.4 is 4.90 Å². The van der Waals surface area contributed by atoms with Crippen molar-refractivity contribution >= 4 is 17.3 Å². The van der Waals surface area contributed by atoms with Crippen molar-refractivity contribution in [2.45, 2.75) is 19.3 Å². The van der Waals surface area contributed by atoms with Crippen LogP contribution in [-0.4, -0.2) is 37.6 Å². The van der Waals surface area contributed by atoms with Crippen LogP contribution in [-0.2, 0) is 6.42 Å². The second kappa shape index (κ2) is 8.50. The van der Waals surface area contributed by atoms with Gasteiger partial charge in [-0.05, 0) is 67.8 Å². The Balaban J connectivity index is 1.35. The predicted molar refractivity (Wildman–Crippen MR) is 99.4 cm³/mol. The molecule has 0 radical (unpaired) electrons. The van der Waals surface area contributed by atoms with Gasteiger partial charge in [0.05, 0.1) is 0 Å². The molecule has 2 aromatic rings. The van der Waals surface area contributed by atoms with Crippen LogP contribution in [0.1, 0.15) is 18.4 Å². The fourth-order valence-electron chi connectivity index (χ4n) is 3.20. The van der Waals surface area contributed by atoms with Gasteiger partial charge in [0.15, 0.2) is 0 Å². The van der Waals surface area contributed by atoms with Gasteiger partial charge < -0.3 is 4.90 Å². The van der Waals surface area contributed by atoms with Gasteiger partial charge in [0.2, 0.25) is 0 Å². The van der Waals surface area contributed by atoms with E-state index in [4.69, 9.17) is 11.6 Å². The maximum Gasteiger partial charge on any atom is 0.123 e. The Morgan fingerprint density at radius 3 is 2.17 bits per heavy atom. The fraction of sp³-hybridized carbons (Fsp3) is 0.400. The van der Waals surface area contributed by atoms with Crippen LogP contribution in [0.15, 0.2) is 48.5 Å². The Morgan fingerprint density at radius 2 is 1.50 bits per heavy atom. The Hall–Kier alpha value is -1.58. The van der Waals surface area contributed by atoms with E-state index in [9.17, 15) is 4.39 Å². The largest absolute Gasteiger partial charge is 0.369 e. The maximum atomic E-state index is 12.9. The van der Waals surface area contributed by atoms with Gasteiger partial charge in [-0.15, -0.1) is 0 Å². The summed E-state index contributed by atoms with van der Waals surface area (Å²) in [5.41, 5.74) is 2.49. The highest BCUT2D eigenvalue weighted by Gasteiger charge is 2.16. The summed E-state index contributed by atoms with van der Waals surface area (Å²) in [6.07, 6.45) is 3.38. The van der Waals surface area contributed by atoms with E-state index < -0.39 is 0 Å². The second-order valence-electron chi connectivity index (χ2n) is 6.39. The first-order valence-electron chi connectivity index (χ1n) is 8.68. The average molecular weight is 347 g/mol. The zero-order valence-corrected chi connectivity index (χ0v) is 14.7. The molecular formula is C20H24ClFN2. The van der Waals surface area contributed by atoms with Crippen molar-refractivity contribution in [2.24, 2.45) is 0 Å². The molecule has 1 heterocycles. The van der Waals surface area contributed by atoms with E-state index in [2.05, 4.69) is 21.9 Å². The van der Waals surface area contributed by atoms with Crippen LogP contribution in [0.3, 0.4) is 0 Å². The first-order chi connectivity index (χ1) is 11.7. The minimum Gasteiger partial charge on any atom is -0.369 e. The zero-order chi connectivity index (χ0) is 16.8. The predicted octanol–water partition coefficient (Wildman–Crippen LogP) is 4.62. The molecule has 0 bridgehead atoms. The maximum absolute atomic E-state index is 12.9. The van der Waals surface area contributed by atoms with Crippen LogP contribution in [0.5, 0.6) is 0 Å². The third-order valence-electron chi connectivity index (χ3n) is 4.67. The number of piperazine rings is 1. The minimum atomic E-state index is -0.155. The highest BCUT2D eigenvalue weighted by molar-refractivity contribution is 6.30. The summed E-state index contributed by atoms with van der Waals surface area (Å²) in [5, 5.41) is 0.790. The summed E-state index contributed by atoms with van der Waals surface area (Å²) in [7, 11) is 0. The molecule has 0 amide bonds. The first kappa shape index (κ1) is 17.2. The van der Waals surface area contributed by atoms with E-state index in [1.54, 1.807) is 12.1 Å². The number of hydrogen-bond donors (Lipinski definition) is 0. The molecule has 1 aliphatic rings. The lowest BCUT2D eigenvalue weighted by Crippen LogP contribution is -2.46. The number of halogens is 2. The Labute approximate surface area is 148 Å². The van der Waals surface area contributed by atoms with Gasteiger partial charge in [-0.2, -0.15) is 0 Å². The van der Waals surface area contributed by atoms with Crippen LogP contribution in [0.25, 0.3) is 0 Å². The molecule has 0 N–H and O–H groups in total. The van der Waals surface area contributed by atoms with Crippen molar-refractivity contribution in [3.63, 3.8) is 0 Å². The monoisotopic (exact) mass is 346 g/mol. The Morgan fingerprint density at radius 1 is 0.833 bits per heavy atom. The summed E-state index contributed by atoms with van der Waals surface area (Å²) < 4.78 is 12.9. The van der Waals surface area contributed by atoms with Crippen LogP contribution in [0.4, 0.5) is 10.1 Å². The molecule has 1 aliphatic heterocycles. The van der Waals surface area contributed by atoms with E-state index in [0.29, 0.717) is 0 Å². The lowest BCUT2D eigenvalue weighted by molar-refractivity contribution is 0.253. The molecule has 1 fully saturated rings. The van der Waals surface area contributed by atoms with Gasteiger partial charge in [0.1, 0.15) is 5.82 Å². The number of benzene rings is 2. The second-order valence-corrected chi connectivity index (χ2v) is 6.83. The number of unbranched alkanes of at least 4 members (excludes halogenated alkanes) is 1. The van der Waals surface area contributed by atoms with Crippen molar-refractivity contribution in [3.8, 4) is 0 Å². The lowest BCUT2D eigenvalue weighted by Gasteiger charge is -2.36. The Kier molecular flexibility index (Phi) is 6.11. The molecule has 0 atom stereocenters. The normalized spacial score (nSPS) is 15.7. The molecule has 0 spiro atoms. The van der Waals surface area contributed by atoms with E-state index >= 15 is 0 Å². The van der Waals surface area contributed by atoms with Crippen LogP contribution in [0, 0.1) is 5.82 Å². The number of hydrogen-bond acceptors (Lipinski definition) is 2. The fourth-order valence-corrected chi connectivity index (χ4v) is 3.32. The molecule has 128 valence electrons. The molecule has 0 saturated carbocycles. The number of nitrogens with zero attached hydrogens (tertiary/aromatic N) is 2. The quantitative estimate of drug-likeness (QED) is 0.704.